The van der Waals surface area contributed by atoms with Crippen LogP contribution < -0.4 is 16.4 Å². The Labute approximate surface area is 201 Å². The molecular formula is C24H28F2N4O5. The minimum absolute atomic E-state index is 0.0711. The topological polar surface area (TPSA) is 155 Å². The number of hydrogen-bond donors (Lipinski definition) is 5. The number of nitrogens with two attached hydrogens (primary N) is 1. The fourth-order valence-corrected chi connectivity index (χ4v) is 3.08. The summed E-state index contributed by atoms with van der Waals surface area (Å²) in [5, 5.41) is 20.0. The number of carbonyl (C=O) groups excluding carboxylic acids is 2. The summed E-state index contributed by atoms with van der Waals surface area (Å²) in [6, 6.07) is 8.60. The third-order valence-electron chi connectivity index (χ3n) is 5.09. The molecule has 0 saturated heterocycles. The van der Waals surface area contributed by atoms with Crippen LogP contribution in [-0.4, -0.2) is 42.4 Å². The number of methoxy groups -OCH3 is 1. The average molecular weight is 491 g/mol. The van der Waals surface area contributed by atoms with Gasteiger partial charge in [0.1, 0.15) is 17.5 Å². The molecule has 1 aliphatic carbocycles. The monoisotopic (exact) mass is 490 g/mol. The van der Waals surface area contributed by atoms with Gasteiger partial charge in [-0.3, -0.25) is 19.8 Å². The van der Waals surface area contributed by atoms with Gasteiger partial charge in [0.25, 0.3) is 17.8 Å². The van der Waals surface area contributed by atoms with Crippen molar-refractivity contribution < 1.29 is 33.0 Å². The van der Waals surface area contributed by atoms with Crippen LogP contribution in [-0.2, 0) is 20.9 Å². The molecule has 0 radical (unpaired) electrons. The highest BCUT2D eigenvalue weighted by Crippen LogP contribution is 2.29. The van der Waals surface area contributed by atoms with E-state index in [4.69, 9.17) is 25.8 Å². The van der Waals surface area contributed by atoms with Crippen LogP contribution in [0.1, 0.15) is 52.9 Å². The first-order valence-electron chi connectivity index (χ1n) is 10.7. The number of nitrogen functional groups attached to an aromatic ring is 1. The minimum Gasteiger partial charge on any atom is -0.481 e. The predicted molar refractivity (Wildman–Crippen MR) is 124 cm³/mol. The molecular weight excluding hydrogens is 462 g/mol. The van der Waals surface area contributed by atoms with Crippen LogP contribution in [0.15, 0.2) is 36.4 Å². The summed E-state index contributed by atoms with van der Waals surface area (Å²) in [6.45, 7) is 1.59. The lowest BCUT2D eigenvalue weighted by Gasteiger charge is -2.18. The number of amides is 2. The molecule has 0 aliphatic heterocycles. The zero-order valence-electron chi connectivity index (χ0n) is 19.4. The first kappa shape index (κ1) is 27.4. The molecule has 2 aromatic carbocycles. The SMILES string of the molecule is CC(=O)O.COC(C(=O)NCc1ccc(C(=N)N)cc1)c1c(F)ccc(C(=O)NCC2CC2)c1F. The lowest BCUT2D eigenvalue weighted by atomic mass is 10.0. The van der Waals surface area contributed by atoms with E-state index < -0.39 is 41.1 Å². The Morgan fingerprint density at radius 2 is 1.74 bits per heavy atom. The van der Waals surface area contributed by atoms with Crippen LogP contribution in [0.2, 0.25) is 0 Å². The molecule has 1 fully saturated rings. The van der Waals surface area contributed by atoms with Crippen molar-refractivity contribution in [2.75, 3.05) is 13.7 Å². The molecule has 0 bridgehead atoms. The normalized spacial score (nSPS) is 13.1. The third-order valence-corrected chi connectivity index (χ3v) is 5.09. The summed E-state index contributed by atoms with van der Waals surface area (Å²) in [4.78, 5) is 33.9. The van der Waals surface area contributed by atoms with E-state index in [1.807, 2.05) is 0 Å². The van der Waals surface area contributed by atoms with Crippen molar-refractivity contribution in [3.8, 4) is 0 Å². The van der Waals surface area contributed by atoms with Crippen molar-refractivity contribution >= 4 is 23.6 Å². The molecule has 1 unspecified atom stereocenters. The second kappa shape index (κ2) is 12.6. The smallest absolute Gasteiger partial charge is 0.300 e. The van der Waals surface area contributed by atoms with Gasteiger partial charge in [-0.1, -0.05) is 24.3 Å². The maximum absolute atomic E-state index is 15.0. The Hall–Kier alpha value is -3.86. The molecule has 1 atom stereocenters. The number of carboxylic acid groups (broad SMARTS) is 1. The molecule has 35 heavy (non-hydrogen) atoms. The van der Waals surface area contributed by atoms with Crippen LogP contribution in [0.3, 0.4) is 0 Å². The summed E-state index contributed by atoms with van der Waals surface area (Å²) < 4.78 is 34.5. The van der Waals surface area contributed by atoms with Gasteiger partial charge in [-0.2, -0.15) is 0 Å². The van der Waals surface area contributed by atoms with Gasteiger partial charge in [-0.05, 0) is 36.5 Å². The van der Waals surface area contributed by atoms with E-state index in [2.05, 4.69) is 10.6 Å². The molecule has 3 rings (SSSR count). The third kappa shape index (κ3) is 8.14. The minimum atomic E-state index is -1.58. The van der Waals surface area contributed by atoms with Gasteiger partial charge in [0, 0.05) is 32.7 Å². The Morgan fingerprint density at radius 1 is 1.14 bits per heavy atom. The fraction of sp³-hybridized carbons (Fsp3) is 0.333. The number of nitrogens with one attached hydrogen (secondary N) is 3. The van der Waals surface area contributed by atoms with E-state index in [-0.39, 0.29) is 17.9 Å². The summed E-state index contributed by atoms with van der Waals surface area (Å²) in [6.07, 6.45) is 0.453. The molecule has 1 saturated carbocycles. The first-order valence-corrected chi connectivity index (χ1v) is 10.7. The van der Waals surface area contributed by atoms with Gasteiger partial charge < -0.3 is 26.2 Å². The van der Waals surface area contributed by atoms with Crippen molar-refractivity contribution in [3.05, 3.63) is 70.3 Å². The van der Waals surface area contributed by atoms with Gasteiger partial charge in [0.15, 0.2) is 6.10 Å². The highest BCUT2D eigenvalue weighted by molar-refractivity contribution is 5.95. The zero-order chi connectivity index (χ0) is 26.1. The van der Waals surface area contributed by atoms with Gasteiger partial charge in [-0.15, -0.1) is 0 Å². The molecule has 6 N–H and O–H groups in total. The second-order valence-electron chi connectivity index (χ2n) is 7.94. The second-order valence-corrected chi connectivity index (χ2v) is 7.94. The van der Waals surface area contributed by atoms with Gasteiger partial charge >= 0.3 is 0 Å². The van der Waals surface area contributed by atoms with Crippen molar-refractivity contribution in [1.29, 1.82) is 5.41 Å². The summed E-state index contributed by atoms with van der Waals surface area (Å²) >= 11 is 0. The molecule has 0 spiro atoms. The summed E-state index contributed by atoms with van der Waals surface area (Å²) in [5.41, 5.74) is 5.67. The summed E-state index contributed by atoms with van der Waals surface area (Å²) in [5.74, 6) is -4.04. The van der Waals surface area contributed by atoms with Crippen LogP contribution in [0.25, 0.3) is 0 Å². The van der Waals surface area contributed by atoms with Crippen LogP contribution >= 0.6 is 0 Å². The van der Waals surface area contributed by atoms with E-state index in [0.717, 1.165) is 39.0 Å². The number of aliphatic carboxylic acids is 1. The molecule has 1 aliphatic rings. The molecule has 188 valence electrons. The maximum Gasteiger partial charge on any atom is 0.300 e. The first-order chi connectivity index (χ1) is 16.5. The standard InChI is InChI=1S/C22H24F2N4O3.C2H4O2/c1-31-19(22(30)28-11-13-4-6-14(7-5-13)20(25)26)17-16(23)9-8-15(18(17)24)21(29)27-10-12-2-3-12;1-2(3)4/h4-9,12,19H,2-3,10-11H2,1H3,(H3,25,26)(H,27,29)(H,28,30);1H3,(H,3,4). The van der Waals surface area contributed by atoms with Crippen molar-refractivity contribution in [1.82, 2.24) is 10.6 Å². The predicted octanol–water partition coefficient (Wildman–Crippen LogP) is 2.48. The Kier molecular flexibility index (Phi) is 9.83. The van der Waals surface area contributed by atoms with E-state index in [1.165, 1.54) is 0 Å². The molecule has 9 nitrogen and oxygen atoms in total. The van der Waals surface area contributed by atoms with Crippen LogP contribution in [0.5, 0.6) is 0 Å². The number of benzene rings is 2. The number of hydrogen-bond acceptors (Lipinski definition) is 5. The molecule has 0 heterocycles. The number of carbonyl (C=O) groups is 3. The Bertz CT molecular complexity index is 1080. The number of carboxylic acids is 1. The van der Waals surface area contributed by atoms with Gasteiger partial charge in [0.05, 0.1) is 11.1 Å². The van der Waals surface area contributed by atoms with Crippen LogP contribution in [0, 0.1) is 23.0 Å². The van der Waals surface area contributed by atoms with Crippen molar-refractivity contribution in [2.45, 2.75) is 32.4 Å². The average Bonchev–Trinajstić information content (AvgIpc) is 3.63. The van der Waals surface area contributed by atoms with Gasteiger partial charge in [0.2, 0.25) is 0 Å². The molecule has 0 aromatic heterocycles. The number of ether oxygens (including phenoxy) is 1. The highest BCUT2D eigenvalue weighted by atomic mass is 19.1. The Balaban J connectivity index is 0.00000100. The van der Waals surface area contributed by atoms with Crippen molar-refractivity contribution in [2.24, 2.45) is 11.7 Å². The number of rotatable bonds is 9. The maximum atomic E-state index is 15.0. The molecule has 11 heteroatoms. The fourth-order valence-electron chi connectivity index (χ4n) is 3.08. The quantitative estimate of drug-likeness (QED) is 0.269. The van der Waals surface area contributed by atoms with E-state index >= 15 is 4.39 Å². The van der Waals surface area contributed by atoms with Gasteiger partial charge in [-0.25, -0.2) is 8.78 Å². The van der Waals surface area contributed by atoms with E-state index in [1.54, 1.807) is 24.3 Å². The van der Waals surface area contributed by atoms with E-state index in [9.17, 15) is 14.0 Å². The lowest BCUT2D eigenvalue weighted by molar-refractivity contribution is -0.134. The molecule has 2 aromatic rings. The van der Waals surface area contributed by atoms with Crippen molar-refractivity contribution in [3.63, 3.8) is 0 Å². The molecule has 2 amide bonds. The highest BCUT2D eigenvalue weighted by Gasteiger charge is 2.30. The largest absolute Gasteiger partial charge is 0.481 e. The lowest BCUT2D eigenvalue weighted by Crippen LogP contribution is -2.32. The number of halogens is 2. The van der Waals surface area contributed by atoms with E-state index in [0.29, 0.717) is 23.6 Å². The summed E-state index contributed by atoms with van der Waals surface area (Å²) in [7, 11) is 1.16. The zero-order valence-corrected chi connectivity index (χ0v) is 19.4. The Morgan fingerprint density at radius 3 is 2.26 bits per heavy atom. The van der Waals surface area contributed by atoms with Crippen LogP contribution in [0.4, 0.5) is 8.78 Å². The number of amidine groups is 1.